The molecule has 0 bridgehead atoms. The van der Waals surface area contributed by atoms with E-state index in [-0.39, 0.29) is 12.5 Å². The Morgan fingerprint density at radius 1 is 1.20 bits per heavy atom. The first-order valence-electron chi connectivity index (χ1n) is 6.85. The number of oxime groups is 1. The molecule has 108 valence electrons. The third kappa shape index (κ3) is 4.06. The van der Waals surface area contributed by atoms with E-state index in [0.29, 0.717) is 0 Å². The lowest BCUT2D eigenvalue weighted by Crippen LogP contribution is -2.48. The fourth-order valence-electron chi connectivity index (χ4n) is 2.06. The van der Waals surface area contributed by atoms with Gasteiger partial charge in [-0.2, -0.15) is 0 Å². The van der Waals surface area contributed by atoms with Crippen LogP contribution < -0.4 is 0 Å². The molecule has 20 heavy (non-hydrogen) atoms. The molecule has 1 saturated heterocycles. The molecule has 5 heteroatoms. The lowest BCUT2D eigenvalue weighted by molar-refractivity contribution is -0.137. The zero-order chi connectivity index (χ0) is 14.4. The summed E-state index contributed by atoms with van der Waals surface area (Å²) in [6.45, 7) is 5.24. The summed E-state index contributed by atoms with van der Waals surface area (Å²) in [5.74, 6) is 0.00251. The van der Waals surface area contributed by atoms with Gasteiger partial charge in [0.25, 0.3) is 5.91 Å². The Morgan fingerprint density at radius 2 is 1.85 bits per heavy atom. The van der Waals surface area contributed by atoms with Gasteiger partial charge in [0.05, 0.1) is 5.71 Å². The maximum Gasteiger partial charge on any atom is 0.263 e. The number of hydrogen-bond acceptors (Lipinski definition) is 4. The number of rotatable bonds is 4. The van der Waals surface area contributed by atoms with Gasteiger partial charge >= 0.3 is 0 Å². The monoisotopic (exact) mass is 275 g/mol. The summed E-state index contributed by atoms with van der Waals surface area (Å²) in [5, 5.41) is 4.00. The van der Waals surface area contributed by atoms with Gasteiger partial charge in [-0.1, -0.05) is 35.5 Å². The first-order chi connectivity index (χ1) is 9.66. The van der Waals surface area contributed by atoms with Crippen molar-refractivity contribution < 1.29 is 9.63 Å². The molecule has 0 spiro atoms. The quantitative estimate of drug-likeness (QED) is 0.613. The van der Waals surface area contributed by atoms with Crippen LogP contribution in [0.15, 0.2) is 35.5 Å². The highest BCUT2D eigenvalue weighted by Gasteiger charge is 2.19. The predicted molar refractivity (Wildman–Crippen MR) is 78.7 cm³/mol. The third-order valence-electron chi connectivity index (χ3n) is 3.44. The van der Waals surface area contributed by atoms with Crippen molar-refractivity contribution in [3.63, 3.8) is 0 Å². The Kier molecular flexibility index (Phi) is 5.12. The number of benzene rings is 1. The molecule has 0 N–H and O–H groups in total. The fraction of sp³-hybridized carbons (Fsp3) is 0.467. The topological polar surface area (TPSA) is 45.1 Å². The van der Waals surface area contributed by atoms with Crippen molar-refractivity contribution in [2.75, 3.05) is 39.8 Å². The Labute approximate surface area is 119 Å². The van der Waals surface area contributed by atoms with Crippen LogP contribution in [0.1, 0.15) is 12.5 Å². The van der Waals surface area contributed by atoms with Crippen LogP contribution in [0.5, 0.6) is 0 Å². The van der Waals surface area contributed by atoms with E-state index >= 15 is 0 Å². The Hall–Kier alpha value is -1.88. The molecule has 5 nitrogen and oxygen atoms in total. The number of carbonyl (C=O) groups is 1. The van der Waals surface area contributed by atoms with Crippen LogP contribution in [-0.4, -0.2) is 61.3 Å². The summed E-state index contributed by atoms with van der Waals surface area (Å²) in [6.07, 6.45) is 0. The van der Waals surface area contributed by atoms with E-state index in [9.17, 15) is 4.79 Å². The maximum atomic E-state index is 11.9. The van der Waals surface area contributed by atoms with Crippen molar-refractivity contribution in [2.24, 2.45) is 5.16 Å². The number of amides is 1. The van der Waals surface area contributed by atoms with E-state index in [4.69, 9.17) is 4.84 Å². The molecular weight excluding hydrogens is 254 g/mol. The molecule has 0 unspecified atom stereocenters. The zero-order valence-corrected chi connectivity index (χ0v) is 12.1. The van der Waals surface area contributed by atoms with E-state index in [1.165, 1.54) is 0 Å². The van der Waals surface area contributed by atoms with Crippen LogP contribution in [0.4, 0.5) is 0 Å². The lowest BCUT2D eigenvalue weighted by atomic mass is 10.1. The van der Waals surface area contributed by atoms with Crippen molar-refractivity contribution in [1.82, 2.24) is 9.80 Å². The first kappa shape index (κ1) is 14.5. The summed E-state index contributed by atoms with van der Waals surface area (Å²) in [6, 6.07) is 9.77. The molecule has 1 aliphatic heterocycles. The van der Waals surface area contributed by atoms with E-state index in [0.717, 1.165) is 37.5 Å². The minimum absolute atomic E-state index is 0.00251. The van der Waals surface area contributed by atoms with Gasteiger partial charge in [-0.3, -0.25) is 4.79 Å². The summed E-state index contributed by atoms with van der Waals surface area (Å²) in [5.41, 5.74) is 1.77. The largest absolute Gasteiger partial charge is 0.385 e. The standard InChI is InChI=1S/C15H21N3O2/c1-13(14-6-4-3-5-7-14)16-20-12-15(19)18-10-8-17(2)9-11-18/h3-7H,8-12H2,1-2H3. The number of piperazine rings is 1. The molecule has 1 aromatic carbocycles. The molecule has 0 atom stereocenters. The van der Waals surface area contributed by atoms with E-state index in [2.05, 4.69) is 17.1 Å². The van der Waals surface area contributed by atoms with Gasteiger partial charge in [-0.25, -0.2) is 0 Å². The van der Waals surface area contributed by atoms with E-state index < -0.39 is 0 Å². The van der Waals surface area contributed by atoms with Crippen molar-refractivity contribution in [3.8, 4) is 0 Å². The Balaban J connectivity index is 1.79. The van der Waals surface area contributed by atoms with Crippen LogP contribution in [0, 0.1) is 0 Å². The SMILES string of the molecule is CC(=NOCC(=O)N1CCN(C)CC1)c1ccccc1. The molecule has 0 aromatic heterocycles. The number of hydrogen-bond donors (Lipinski definition) is 0. The molecule has 1 fully saturated rings. The van der Waals surface area contributed by atoms with Crippen LogP contribution in [0.3, 0.4) is 0 Å². The molecular formula is C15H21N3O2. The summed E-state index contributed by atoms with van der Waals surface area (Å²) in [4.78, 5) is 21.1. The first-order valence-corrected chi connectivity index (χ1v) is 6.85. The number of nitrogens with zero attached hydrogens (tertiary/aromatic N) is 3. The minimum atomic E-state index is 0.00251. The second-order valence-corrected chi connectivity index (χ2v) is 5.00. The normalized spacial score (nSPS) is 17.1. The molecule has 1 aromatic rings. The highest BCUT2D eigenvalue weighted by molar-refractivity contribution is 5.98. The number of likely N-dealkylation sites (N-methyl/N-ethyl adjacent to an activating group) is 1. The fourth-order valence-corrected chi connectivity index (χ4v) is 2.06. The molecule has 0 aliphatic carbocycles. The average Bonchev–Trinajstić information content (AvgIpc) is 2.48. The highest BCUT2D eigenvalue weighted by Crippen LogP contribution is 2.02. The number of carbonyl (C=O) groups excluding carboxylic acids is 1. The van der Waals surface area contributed by atoms with Crippen molar-refractivity contribution in [2.45, 2.75) is 6.92 Å². The molecule has 0 radical (unpaired) electrons. The molecule has 2 rings (SSSR count). The predicted octanol–water partition coefficient (Wildman–Crippen LogP) is 1.20. The Morgan fingerprint density at radius 3 is 2.50 bits per heavy atom. The van der Waals surface area contributed by atoms with Gasteiger partial charge in [-0.05, 0) is 19.5 Å². The van der Waals surface area contributed by atoms with Crippen molar-refractivity contribution >= 4 is 11.6 Å². The summed E-state index contributed by atoms with van der Waals surface area (Å²) >= 11 is 0. The molecule has 1 aliphatic rings. The van der Waals surface area contributed by atoms with Gasteiger partial charge < -0.3 is 14.6 Å². The second kappa shape index (κ2) is 7.05. The lowest BCUT2D eigenvalue weighted by Gasteiger charge is -2.32. The van der Waals surface area contributed by atoms with E-state index in [1.807, 2.05) is 42.2 Å². The summed E-state index contributed by atoms with van der Waals surface area (Å²) in [7, 11) is 2.06. The molecule has 1 heterocycles. The average molecular weight is 275 g/mol. The van der Waals surface area contributed by atoms with Crippen LogP contribution >= 0.6 is 0 Å². The van der Waals surface area contributed by atoms with Gasteiger partial charge in [0, 0.05) is 26.2 Å². The molecule has 0 saturated carbocycles. The van der Waals surface area contributed by atoms with Gasteiger partial charge in [0.1, 0.15) is 0 Å². The smallest absolute Gasteiger partial charge is 0.263 e. The second-order valence-electron chi connectivity index (χ2n) is 5.00. The van der Waals surface area contributed by atoms with Gasteiger partial charge in [0.15, 0.2) is 6.61 Å². The van der Waals surface area contributed by atoms with Crippen LogP contribution in [0.2, 0.25) is 0 Å². The van der Waals surface area contributed by atoms with Crippen molar-refractivity contribution in [1.29, 1.82) is 0 Å². The molecule has 1 amide bonds. The van der Waals surface area contributed by atoms with E-state index in [1.54, 1.807) is 0 Å². The van der Waals surface area contributed by atoms with Crippen molar-refractivity contribution in [3.05, 3.63) is 35.9 Å². The minimum Gasteiger partial charge on any atom is -0.385 e. The zero-order valence-electron chi connectivity index (χ0n) is 12.1. The maximum absolute atomic E-state index is 11.9. The summed E-state index contributed by atoms with van der Waals surface area (Å²) < 4.78 is 0. The van der Waals surface area contributed by atoms with Gasteiger partial charge in [0.2, 0.25) is 0 Å². The van der Waals surface area contributed by atoms with Crippen LogP contribution in [-0.2, 0) is 9.63 Å². The van der Waals surface area contributed by atoms with Gasteiger partial charge in [-0.15, -0.1) is 0 Å². The third-order valence-corrected chi connectivity index (χ3v) is 3.44. The Bertz CT molecular complexity index is 465. The van der Waals surface area contributed by atoms with Crippen LogP contribution in [0.25, 0.3) is 0 Å². The highest BCUT2D eigenvalue weighted by atomic mass is 16.6.